The largest absolute Gasteiger partial charge is 0.397 e. The normalized spacial score (nSPS) is 14.5. The number of hydrogen-bond donors (Lipinski definition) is 2. The average molecular weight is 400 g/mol. The Kier molecular flexibility index (Phi) is 4.51. The SMILES string of the molecule is Nc1cc(Cl)cnc1-c1ccc(C2(NC(=O)c3ccc(F)cc3)CC2)c(F)c1. The van der Waals surface area contributed by atoms with Gasteiger partial charge in [-0.25, -0.2) is 8.78 Å². The monoisotopic (exact) mass is 399 g/mol. The van der Waals surface area contributed by atoms with Crippen LogP contribution in [0, 0.1) is 11.6 Å². The Bertz CT molecular complexity index is 1070. The summed E-state index contributed by atoms with van der Waals surface area (Å²) in [6.45, 7) is 0. The lowest BCUT2D eigenvalue weighted by molar-refractivity contribution is 0.0930. The molecule has 3 aromatic rings. The van der Waals surface area contributed by atoms with E-state index in [4.69, 9.17) is 17.3 Å². The number of halogens is 3. The third-order valence-corrected chi connectivity index (χ3v) is 5.06. The van der Waals surface area contributed by atoms with E-state index in [0.717, 1.165) is 0 Å². The Balaban J connectivity index is 1.60. The van der Waals surface area contributed by atoms with Gasteiger partial charge in [0.05, 0.1) is 21.9 Å². The van der Waals surface area contributed by atoms with Crippen molar-refractivity contribution in [2.45, 2.75) is 18.4 Å². The number of carbonyl (C=O) groups is 1. The highest BCUT2D eigenvalue weighted by atomic mass is 35.5. The van der Waals surface area contributed by atoms with E-state index in [1.165, 1.54) is 36.5 Å². The maximum Gasteiger partial charge on any atom is 0.251 e. The first-order chi connectivity index (χ1) is 13.4. The van der Waals surface area contributed by atoms with Crippen LogP contribution in [0.1, 0.15) is 28.8 Å². The molecule has 2 aromatic carbocycles. The summed E-state index contributed by atoms with van der Waals surface area (Å²) in [6, 6.07) is 11.5. The van der Waals surface area contributed by atoms with Gasteiger partial charge in [0.25, 0.3) is 5.91 Å². The number of nitrogens with one attached hydrogen (secondary N) is 1. The molecule has 1 aliphatic rings. The molecule has 1 aliphatic carbocycles. The Morgan fingerprint density at radius 1 is 1.11 bits per heavy atom. The minimum Gasteiger partial charge on any atom is -0.397 e. The summed E-state index contributed by atoms with van der Waals surface area (Å²) in [4.78, 5) is 16.6. The lowest BCUT2D eigenvalue weighted by Gasteiger charge is -2.19. The van der Waals surface area contributed by atoms with Gasteiger partial charge in [-0.1, -0.05) is 23.7 Å². The summed E-state index contributed by atoms with van der Waals surface area (Å²) in [5, 5.41) is 3.28. The Morgan fingerprint density at radius 2 is 1.82 bits per heavy atom. The number of aromatic nitrogens is 1. The molecule has 0 unspecified atom stereocenters. The zero-order chi connectivity index (χ0) is 19.9. The van der Waals surface area contributed by atoms with E-state index in [-0.39, 0.29) is 5.91 Å². The first kappa shape index (κ1) is 18.4. The quantitative estimate of drug-likeness (QED) is 0.669. The number of anilines is 1. The van der Waals surface area contributed by atoms with Crippen LogP contribution in [0.25, 0.3) is 11.3 Å². The van der Waals surface area contributed by atoms with Gasteiger partial charge in [0.2, 0.25) is 0 Å². The number of pyridine rings is 1. The molecule has 1 saturated carbocycles. The zero-order valence-corrected chi connectivity index (χ0v) is 15.4. The van der Waals surface area contributed by atoms with Gasteiger partial charge in [0.15, 0.2) is 0 Å². The van der Waals surface area contributed by atoms with Crippen LogP contribution >= 0.6 is 11.6 Å². The van der Waals surface area contributed by atoms with E-state index < -0.39 is 17.2 Å². The van der Waals surface area contributed by atoms with E-state index in [2.05, 4.69) is 10.3 Å². The lowest BCUT2D eigenvalue weighted by Crippen LogP contribution is -2.35. The molecule has 0 aliphatic heterocycles. The van der Waals surface area contributed by atoms with Gasteiger partial charge in [-0.2, -0.15) is 0 Å². The fourth-order valence-corrected chi connectivity index (χ4v) is 3.39. The molecule has 1 heterocycles. The van der Waals surface area contributed by atoms with E-state index in [9.17, 15) is 13.6 Å². The number of nitrogens with two attached hydrogens (primary N) is 1. The molecule has 4 nitrogen and oxygen atoms in total. The molecule has 4 rings (SSSR count). The van der Waals surface area contributed by atoms with Crippen LogP contribution in [0.5, 0.6) is 0 Å². The summed E-state index contributed by atoms with van der Waals surface area (Å²) in [7, 11) is 0. The fourth-order valence-electron chi connectivity index (χ4n) is 3.22. The molecule has 0 radical (unpaired) electrons. The van der Waals surface area contributed by atoms with Crippen molar-refractivity contribution < 1.29 is 13.6 Å². The van der Waals surface area contributed by atoms with E-state index in [0.29, 0.717) is 45.9 Å². The van der Waals surface area contributed by atoms with Crippen LogP contribution in [0.3, 0.4) is 0 Å². The number of rotatable bonds is 4. The van der Waals surface area contributed by atoms with Crippen molar-refractivity contribution in [3.8, 4) is 11.3 Å². The predicted molar refractivity (Wildman–Crippen MR) is 104 cm³/mol. The molecule has 1 aromatic heterocycles. The number of amides is 1. The van der Waals surface area contributed by atoms with Crippen molar-refractivity contribution >= 4 is 23.2 Å². The highest BCUT2D eigenvalue weighted by Crippen LogP contribution is 2.47. The van der Waals surface area contributed by atoms with E-state index in [1.54, 1.807) is 18.2 Å². The Morgan fingerprint density at radius 3 is 2.43 bits per heavy atom. The van der Waals surface area contributed by atoms with E-state index >= 15 is 0 Å². The highest BCUT2D eigenvalue weighted by molar-refractivity contribution is 6.30. The first-order valence-electron chi connectivity index (χ1n) is 8.67. The predicted octanol–water partition coefficient (Wildman–Crippen LogP) is 4.68. The van der Waals surface area contributed by atoms with Gasteiger partial charge >= 0.3 is 0 Å². The molecule has 7 heteroatoms. The molecular formula is C21H16ClF2N3O. The molecule has 0 saturated heterocycles. The molecule has 0 spiro atoms. The van der Waals surface area contributed by atoms with Crippen LogP contribution in [-0.4, -0.2) is 10.9 Å². The molecule has 3 N–H and O–H groups in total. The van der Waals surface area contributed by atoms with Gasteiger partial charge in [0, 0.05) is 22.9 Å². The molecule has 1 fully saturated rings. The van der Waals surface area contributed by atoms with Crippen molar-refractivity contribution in [3.05, 3.63) is 82.5 Å². The topological polar surface area (TPSA) is 68.0 Å². The number of nitrogen functional groups attached to an aromatic ring is 1. The van der Waals surface area contributed by atoms with E-state index in [1.807, 2.05) is 0 Å². The second kappa shape index (κ2) is 6.87. The third kappa shape index (κ3) is 3.43. The second-order valence-electron chi connectivity index (χ2n) is 6.83. The molecule has 1 amide bonds. The smallest absolute Gasteiger partial charge is 0.251 e. The zero-order valence-electron chi connectivity index (χ0n) is 14.7. The molecule has 142 valence electrons. The standard InChI is InChI=1S/C21H16ClF2N3O/c22-14-10-18(25)19(26-11-14)13-3-6-16(17(24)9-13)21(7-8-21)27-20(28)12-1-4-15(23)5-2-12/h1-6,9-11H,7-8,25H2,(H,27,28). The van der Waals surface area contributed by atoms with Crippen molar-refractivity contribution in [2.75, 3.05) is 5.73 Å². The highest BCUT2D eigenvalue weighted by Gasteiger charge is 2.47. The van der Waals surface area contributed by atoms with Crippen LogP contribution in [-0.2, 0) is 5.54 Å². The molecular weight excluding hydrogens is 384 g/mol. The number of carbonyl (C=O) groups excluding carboxylic acids is 1. The van der Waals surface area contributed by atoms with Gasteiger partial charge in [-0.3, -0.25) is 9.78 Å². The summed E-state index contributed by atoms with van der Waals surface area (Å²) < 4.78 is 27.9. The lowest BCUT2D eigenvalue weighted by atomic mass is 9.99. The van der Waals surface area contributed by atoms with Gasteiger partial charge < -0.3 is 11.1 Å². The maximum absolute atomic E-state index is 14.9. The van der Waals surface area contributed by atoms with Crippen molar-refractivity contribution in [3.63, 3.8) is 0 Å². The van der Waals surface area contributed by atoms with Crippen LogP contribution in [0.15, 0.2) is 54.7 Å². The summed E-state index contributed by atoms with van der Waals surface area (Å²) in [6.07, 6.45) is 2.69. The molecule has 0 atom stereocenters. The van der Waals surface area contributed by atoms with Gasteiger partial charge in [-0.05, 0) is 49.2 Å². The third-order valence-electron chi connectivity index (χ3n) is 4.85. The van der Waals surface area contributed by atoms with Crippen LogP contribution in [0.4, 0.5) is 14.5 Å². The Hall–Kier alpha value is -2.99. The van der Waals surface area contributed by atoms with Gasteiger partial charge in [0.1, 0.15) is 11.6 Å². The van der Waals surface area contributed by atoms with Crippen LogP contribution < -0.4 is 11.1 Å². The number of benzene rings is 2. The molecule has 0 bridgehead atoms. The molecule has 28 heavy (non-hydrogen) atoms. The fraction of sp³-hybridized carbons (Fsp3) is 0.143. The average Bonchev–Trinajstić information content (AvgIpc) is 3.42. The summed E-state index contributed by atoms with van der Waals surface area (Å²) >= 11 is 5.86. The first-order valence-corrected chi connectivity index (χ1v) is 9.05. The van der Waals surface area contributed by atoms with Crippen LogP contribution in [0.2, 0.25) is 5.02 Å². The van der Waals surface area contributed by atoms with Gasteiger partial charge in [-0.15, -0.1) is 0 Å². The number of hydrogen-bond acceptors (Lipinski definition) is 3. The minimum atomic E-state index is -0.757. The Labute approximate surface area is 165 Å². The summed E-state index contributed by atoms with van der Waals surface area (Å²) in [5.41, 5.74) is 7.21. The second-order valence-corrected chi connectivity index (χ2v) is 7.27. The van der Waals surface area contributed by atoms with Crippen molar-refractivity contribution in [1.82, 2.24) is 10.3 Å². The minimum absolute atomic E-state index is 0.322. The summed E-state index contributed by atoms with van der Waals surface area (Å²) in [5.74, 6) is -1.25. The maximum atomic E-state index is 14.9. The van der Waals surface area contributed by atoms with Crippen molar-refractivity contribution in [1.29, 1.82) is 0 Å². The number of nitrogens with zero attached hydrogens (tertiary/aromatic N) is 1. The van der Waals surface area contributed by atoms with Crippen molar-refractivity contribution in [2.24, 2.45) is 0 Å².